The van der Waals surface area contributed by atoms with Gasteiger partial charge < -0.3 is 4.74 Å². The fourth-order valence-corrected chi connectivity index (χ4v) is 5.53. The average Bonchev–Trinajstić information content (AvgIpc) is 2.83. The Kier molecular flexibility index (Phi) is 4.88. The van der Waals surface area contributed by atoms with Crippen LogP contribution in [0.4, 0.5) is 17.1 Å². The van der Waals surface area contributed by atoms with Gasteiger partial charge in [0.15, 0.2) is 11.5 Å². The molecule has 2 aromatic heterocycles. The van der Waals surface area contributed by atoms with Crippen LogP contribution in [0, 0.1) is 27.7 Å². The fraction of sp³-hybridized carbons (Fsp3) is 0.250. The largest absolute Gasteiger partial charge is 0.453 e. The number of hydrogen-bond donors (Lipinski definition) is 0. The summed E-state index contributed by atoms with van der Waals surface area (Å²) in [6.07, 6.45) is 3.73. The Balaban J connectivity index is 1.78. The summed E-state index contributed by atoms with van der Waals surface area (Å²) in [5, 5.41) is 2.25. The first-order chi connectivity index (χ1) is 17.1. The Bertz CT molecular complexity index is 1580. The van der Waals surface area contributed by atoms with Crippen molar-refractivity contribution >= 4 is 38.9 Å². The van der Waals surface area contributed by atoms with Crippen LogP contribution in [-0.4, -0.2) is 9.97 Å². The van der Waals surface area contributed by atoms with Gasteiger partial charge in [-0.15, -0.1) is 0 Å². The summed E-state index contributed by atoms with van der Waals surface area (Å²) in [5.41, 5.74) is 11.1. The topological polar surface area (TPSA) is 38.2 Å². The molecule has 0 radical (unpaired) electrons. The zero-order valence-corrected chi connectivity index (χ0v) is 22.0. The van der Waals surface area contributed by atoms with E-state index < -0.39 is 0 Å². The first kappa shape index (κ1) is 22.5. The summed E-state index contributed by atoms with van der Waals surface area (Å²) in [4.78, 5) is 12.1. The van der Waals surface area contributed by atoms with Crippen LogP contribution in [0.3, 0.4) is 0 Å². The molecular formula is C32H31N3O. The van der Waals surface area contributed by atoms with Crippen LogP contribution in [0.1, 0.15) is 48.6 Å². The van der Waals surface area contributed by atoms with Crippen molar-refractivity contribution in [3.05, 3.63) is 88.7 Å². The van der Waals surface area contributed by atoms with E-state index >= 15 is 0 Å². The minimum atomic E-state index is 0.0611. The van der Waals surface area contributed by atoms with E-state index in [9.17, 15) is 0 Å². The second-order valence-corrected chi connectivity index (χ2v) is 11.0. The molecule has 0 spiro atoms. The molecule has 36 heavy (non-hydrogen) atoms. The Morgan fingerprint density at radius 1 is 0.639 bits per heavy atom. The van der Waals surface area contributed by atoms with Gasteiger partial charge in [-0.25, -0.2) is 0 Å². The average molecular weight is 474 g/mol. The van der Waals surface area contributed by atoms with Crippen molar-refractivity contribution in [1.29, 1.82) is 0 Å². The first-order valence-corrected chi connectivity index (χ1v) is 12.5. The molecule has 0 fully saturated rings. The van der Waals surface area contributed by atoms with E-state index in [1.807, 2.05) is 24.5 Å². The summed E-state index contributed by atoms with van der Waals surface area (Å²) in [5.74, 6) is 1.64. The number of aromatic nitrogens is 2. The molecule has 1 aliphatic heterocycles. The third kappa shape index (κ3) is 3.28. The highest BCUT2D eigenvalue weighted by molar-refractivity contribution is 6.09. The van der Waals surface area contributed by atoms with E-state index in [2.05, 4.69) is 89.8 Å². The molecule has 3 aromatic carbocycles. The maximum absolute atomic E-state index is 6.64. The number of hydrogen-bond acceptors (Lipinski definition) is 4. The molecule has 0 atom stereocenters. The molecule has 0 saturated carbocycles. The van der Waals surface area contributed by atoms with Crippen LogP contribution in [0.2, 0.25) is 0 Å². The SMILES string of the molecule is Cc1cc(C(C)(C)C)cc(C)c1N1c2c(cc(C)c3cccnc23)Oc2cc(C)c3cccnc3c21. The zero-order valence-electron chi connectivity index (χ0n) is 22.0. The Hall–Kier alpha value is -3.92. The number of aryl methyl sites for hydroxylation is 4. The predicted octanol–water partition coefficient (Wildman–Crippen LogP) is 8.89. The van der Waals surface area contributed by atoms with Gasteiger partial charge in [0, 0.05) is 23.2 Å². The second kappa shape index (κ2) is 7.79. The van der Waals surface area contributed by atoms with Crippen molar-refractivity contribution in [2.24, 2.45) is 0 Å². The standard InChI is InChI=1S/C32H31N3O/c1-18-16-25-30(27-23(18)10-8-12-33-27)35(29-20(3)14-22(15-21(29)4)32(5,6)7)31-26(36-25)17-19(2)24-11-9-13-34-28(24)31/h8-17H,1-7H3. The van der Waals surface area contributed by atoms with Crippen molar-refractivity contribution in [1.82, 2.24) is 9.97 Å². The molecule has 5 aromatic rings. The molecule has 4 nitrogen and oxygen atoms in total. The Morgan fingerprint density at radius 3 is 1.56 bits per heavy atom. The van der Waals surface area contributed by atoms with Crippen molar-refractivity contribution < 1.29 is 4.74 Å². The first-order valence-electron chi connectivity index (χ1n) is 12.5. The summed E-state index contributed by atoms with van der Waals surface area (Å²) < 4.78 is 6.64. The molecule has 0 N–H and O–H groups in total. The molecule has 0 amide bonds. The second-order valence-electron chi connectivity index (χ2n) is 11.0. The van der Waals surface area contributed by atoms with E-state index in [0.717, 1.165) is 61.5 Å². The van der Waals surface area contributed by atoms with Crippen LogP contribution in [0.25, 0.3) is 21.8 Å². The third-order valence-corrected chi connectivity index (χ3v) is 7.32. The number of nitrogens with zero attached hydrogens (tertiary/aromatic N) is 3. The van der Waals surface area contributed by atoms with Crippen molar-refractivity contribution in [3.8, 4) is 11.5 Å². The van der Waals surface area contributed by atoms with Crippen molar-refractivity contribution in [3.63, 3.8) is 0 Å². The Labute approximate surface area is 212 Å². The van der Waals surface area contributed by atoms with Crippen LogP contribution >= 0.6 is 0 Å². The van der Waals surface area contributed by atoms with Crippen LogP contribution in [0.5, 0.6) is 11.5 Å². The minimum Gasteiger partial charge on any atom is -0.453 e. The van der Waals surface area contributed by atoms with E-state index in [1.54, 1.807) is 0 Å². The van der Waals surface area contributed by atoms with E-state index in [-0.39, 0.29) is 5.41 Å². The van der Waals surface area contributed by atoms with Crippen LogP contribution < -0.4 is 9.64 Å². The van der Waals surface area contributed by atoms with Gasteiger partial charge in [0.1, 0.15) is 11.4 Å². The molecule has 3 heterocycles. The summed E-state index contributed by atoms with van der Waals surface area (Å²) in [6.45, 7) is 15.5. The van der Waals surface area contributed by atoms with Gasteiger partial charge in [-0.2, -0.15) is 0 Å². The van der Waals surface area contributed by atoms with Gasteiger partial charge in [-0.3, -0.25) is 14.9 Å². The number of rotatable bonds is 1. The summed E-state index contributed by atoms with van der Waals surface area (Å²) >= 11 is 0. The highest BCUT2D eigenvalue weighted by atomic mass is 16.5. The van der Waals surface area contributed by atoms with E-state index in [4.69, 9.17) is 14.7 Å². The lowest BCUT2D eigenvalue weighted by Gasteiger charge is -2.37. The van der Waals surface area contributed by atoms with Gasteiger partial charge >= 0.3 is 0 Å². The number of anilines is 3. The maximum atomic E-state index is 6.64. The predicted molar refractivity (Wildman–Crippen MR) is 149 cm³/mol. The molecule has 0 saturated heterocycles. The van der Waals surface area contributed by atoms with E-state index in [0.29, 0.717) is 0 Å². The summed E-state index contributed by atoms with van der Waals surface area (Å²) in [7, 11) is 0. The molecule has 0 aliphatic carbocycles. The van der Waals surface area contributed by atoms with Gasteiger partial charge in [-0.05, 0) is 85.2 Å². The number of pyridine rings is 2. The van der Waals surface area contributed by atoms with Crippen molar-refractivity contribution in [2.75, 3.05) is 4.90 Å². The van der Waals surface area contributed by atoms with Gasteiger partial charge in [0.25, 0.3) is 0 Å². The lowest BCUT2D eigenvalue weighted by atomic mass is 9.84. The smallest absolute Gasteiger partial charge is 0.154 e. The molecule has 0 unspecified atom stereocenters. The van der Waals surface area contributed by atoms with Crippen LogP contribution in [-0.2, 0) is 5.41 Å². The lowest BCUT2D eigenvalue weighted by Crippen LogP contribution is -2.21. The van der Waals surface area contributed by atoms with Crippen LogP contribution in [0.15, 0.2) is 60.9 Å². The number of fused-ring (bicyclic) bond motifs is 6. The fourth-order valence-electron chi connectivity index (χ4n) is 5.53. The number of ether oxygens (including phenoxy) is 1. The lowest BCUT2D eigenvalue weighted by molar-refractivity contribution is 0.477. The summed E-state index contributed by atoms with van der Waals surface area (Å²) in [6, 6.07) is 17.2. The quantitative estimate of drug-likeness (QED) is 0.239. The highest BCUT2D eigenvalue weighted by Crippen LogP contribution is 2.56. The normalized spacial score (nSPS) is 13.0. The molecule has 6 rings (SSSR count). The monoisotopic (exact) mass is 473 g/mol. The third-order valence-electron chi connectivity index (χ3n) is 7.32. The van der Waals surface area contributed by atoms with Crippen molar-refractivity contribution in [2.45, 2.75) is 53.9 Å². The number of benzene rings is 3. The van der Waals surface area contributed by atoms with Gasteiger partial charge in [-0.1, -0.05) is 45.0 Å². The minimum absolute atomic E-state index is 0.0611. The highest BCUT2D eigenvalue weighted by Gasteiger charge is 2.34. The molecule has 4 heteroatoms. The zero-order chi connectivity index (χ0) is 25.4. The van der Waals surface area contributed by atoms with Gasteiger partial charge in [0.2, 0.25) is 0 Å². The van der Waals surface area contributed by atoms with Gasteiger partial charge in [0.05, 0.1) is 16.7 Å². The molecular weight excluding hydrogens is 442 g/mol. The molecule has 1 aliphatic rings. The maximum Gasteiger partial charge on any atom is 0.154 e. The molecule has 180 valence electrons. The molecule has 0 bridgehead atoms. The van der Waals surface area contributed by atoms with E-state index in [1.165, 1.54) is 16.7 Å². The Morgan fingerprint density at radius 2 is 1.11 bits per heavy atom.